The van der Waals surface area contributed by atoms with E-state index in [1.165, 1.54) is 31.0 Å². The summed E-state index contributed by atoms with van der Waals surface area (Å²) in [6.07, 6.45) is 2.83. The van der Waals surface area contributed by atoms with E-state index < -0.39 is 16.9 Å². The van der Waals surface area contributed by atoms with Gasteiger partial charge in [0, 0.05) is 42.7 Å². The molecule has 2 aliphatic rings. The molecule has 1 aromatic heterocycles. The second-order valence-corrected chi connectivity index (χ2v) is 8.89. The van der Waals surface area contributed by atoms with Gasteiger partial charge in [-0.25, -0.2) is 9.79 Å². The standard InChI is InChI=1S/C25H25N5O5S/c1-3-20-22(24(32)35-2)23(16-7-6-9-18(13-16)30(33)34)29-19(15-36-25(29)28-20)14-21(31)27-12-10-17-8-4-5-11-26-17/h4-9,11,13,15,23H,3,10,12,14H2,1-2H3,(H,27,31)/t23-/m0/s1. The molecule has 36 heavy (non-hydrogen) atoms. The van der Waals surface area contributed by atoms with Gasteiger partial charge in [-0.15, -0.1) is 0 Å². The number of aromatic nitrogens is 1. The number of esters is 1. The van der Waals surface area contributed by atoms with Gasteiger partial charge in [0.15, 0.2) is 5.17 Å². The Morgan fingerprint density at radius 2 is 2.08 bits per heavy atom. The molecule has 0 spiro atoms. The minimum absolute atomic E-state index is 0.0512. The number of ether oxygens (including phenoxy) is 1. The number of thioether (sulfide) groups is 1. The number of nitro benzene ring substituents is 1. The van der Waals surface area contributed by atoms with E-state index in [1.807, 2.05) is 30.5 Å². The van der Waals surface area contributed by atoms with E-state index in [0.717, 1.165) is 5.69 Å². The first-order chi connectivity index (χ1) is 17.4. The number of pyridine rings is 1. The smallest absolute Gasteiger partial charge is 0.338 e. The molecule has 1 aromatic carbocycles. The predicted molar refractivity (Wildman–Crippen MR) is 136 cm³/mol. The Bertz CT molecular complexity index is 1270. The Kier molecular flexibility index (Phi) is 7.79. The number of non-ortho nitro benzene ring substituents is 1. The van der Waals surface area contributed by atoms with Crippen molar-refractivity contribution in [3.05, 3.63) is 92.4 Å². The van der Waals surface area contributed by atoms with Crippen molar-refractivity contribution in [2.75, 3.05) is 13.7 Å². The monoisotopic (exact) mass is 507 g/mol. The molecular weight excluding hydrogens is 482 g/mol. The van der Waals surface area contributed by atoms with Crippen LogP contribution in [0, 0.1) is 10.1 Å². The number of nitro groups is 1. The fourth-order valence-electron chi connectivity index (χ4n) is 4.14. The summed E-state index contributed by atoms with van der Waals surface area (Å²) in [5, 5.41) is 16.8. The lowest BCUT2D eigenvalue weighted by atomic mass is 9.92. The van der Waals surface area contributed by atoms with Crippen molar-refractivity contribution < 1.29 is 19.2 Å². The molecule has 0 bridgehead atoms. The Labute approximate surface area is 212 Å². The molecule has 186 valence electrons. The number of hydrogen-bond donors (Lipinski definition) is 1. The van der Waals surface area contributed by atoms with Crippen molar-refractivity contribution in [2.45, 2.75) is 32.2 Å². The Hall–Kier alpha value is -3.99. The topological polar surface area (TPSA) is 127 Å². The highest BCUT2D eigenvalue weighted by molar-refractivity contribution is 8.16. The van der Waals surface area contributed by atoms with Gasteiger partial charge in [0.1, 0.15) is 0 Å². The lowest BCUT2D eigenvalue weighted by molar-refractivity contribution is -0.384. The minimum Gasteiger partial charge on any atom is -0.466 e. The van der Waals surface area contributed by atoms with Crippen molar-refractivity contribution >= 4 is 34.5 Å². The average molecular weight is 508 g/mol. The largest absolute Gasteiger partial charge is 0.466 e. The predicted octanol–water partition coefficient (Wildman–Crippen LogP) is 3.88. The summed E-state index contributed by atoms with van der Waals surface area (Å²) in [5.74, 6) is -0.760. The summed E-state index contributed by atoms with van der Waals surface area (Å²) in [6, 6.07) is 11.1. The number of carbonyl (C=O) groups excluding carboxylic acids is 2. The van der Waals surface area contributed by atoms with Crippen LogP contribution in [0.5, 0.6) is 0 Å². The fourth-order valence-corrected chi connectivity index (χ4v) is 5.08. The van der Waals surface area contributed by atoms with Gasteiger partial charge in [0.25, 0.3) is 5.69 Å². The molecule has 0 aliphatic carbocycles. The maximum atomic E-state index is 12.9. The van der Waals surface area contributed by atoms with Crippen LogP contribution in [0.1, 0.15) is 37.1 Å². The number of hydrogen-bond acceptors (Lipinski definition) is 9. The molecule has 0 unspecified atom stereocenters. The third kappa shape index (κ3) is 5.30. The summed E-state index contributed by atoms with van der Waals surface area (Å²) >= 11 is 1.35. The number of fused-ring (bicyclic) bond motifs is 1. The molecule has 11 heteroatoms. The summed E-state index contributed by atoms with van der Waals surface area (Å²) in [7, 11) is 1.29. The van der Waals surface area contributed by atoms with E-state index in [9.17, 15) is 19.7 Å². The van der Waals surface area contributed by atoms with Gasteiger partial charge in [-0.3, -0.25) is 19.9 Å². The number of methoxy groups -OCH3 is 1. The number of amidine groups is 1. The highest BCUT2D eigenvalue weighted by Gasteiger charge is 2.41. The van der Waals surface area contributed by atoms with E-state index in [0.29, 0.717) is 47.1 Å². The van der Waals surface area contributed by atoms with Crippen LogP contribution < -0.4 is 5.32 Å². The maximum absolute atomic E-state index is 12.9. The third-order valence-corrected chi connectivity index (χ3v) is 6.69. The number of benzene rings is 1. The molecule has 1 atom stereocenters. The molecule has 0 saturated heterocycles. The van der Waals surface area contributed by atoms with Crippen molar-refractivity contribution in [2.24, 2.45) is 4.99 Å². The van der Waals surface area contributed by atoms with Crippen LogP contribution >= 0.6 is 11.8 Å². The first-order valence-corrected chi connectivity index (χ1v) is 12.3. The van der Waals surface area contributed by atoms with E-state index >= 15 is 0 Å². The van der Waals surface area contributed by atoms with Gasteiger partial charge in [-0.2, -0.15) is 0 Å². The number of amides is 1. The van der Waals surface area contributed by atoms with Gasteiger partial charge in [-0.1, -0.05) is 36.9 Å². The molecule has 10 nitrogen and oxygen atoms in total. The molecule has 1 N–H and O–H groups in total. The second-order valence-electron chi connectivity index (χ2n) is 8.05. The molecule has 0 saturated carbocycles. The zero-order chi connectivity index (χ0) is 25.7. The van der Waals surface area contributed by atoms with Gasteiger partial charge in [0.2, 0.25) is 5.91 Å². The Morgan fingerprint density at radius 1 is 1.25 bits per heavy atom. The Balaban J connectivity index is 1.61. The second kappa shape index (κ2) is 11.2. The van der Waals surface area contributed by atoms with Gasteiger partial charge < -0.3 is 15.0 Å². The van der Waals surface area contributed by atoms with Crippen LogP contribution in [0.3, 0.4) is 0 Å². The molecule has 2 aliphatic heterocycles. The number of allylic oxidation sites excluding steroid dienone is 1. The van der Waals surface area contributed by atoms with E-state index in [2.05, 4.69) is 15.3 Å². The quantitative estimate of drug-likeness (QED) is 0.308. The van der Waals surface area contributed by atoms with Crippen molar-refractivity contribution in [3.63, 3.8) is 0 Å². The highest BCUT2D eigenvalue weighted by Crippen LogP contribution is 2.45. The number of carbonyl (C=O) groups is 2. The highest BCUT2D eigenvalue weighted by atomic mass is 32.2. The first kappa shape index (κ1) is 25.1. The fraction of sp³-hybridized carbons (Fsp3) is 0.280. The summed E-state index contributed by atoms with van der Waals surface area (Å²) in [5.41, 5.74) is 2.81. The van der Waals surface area contributed by atoms with Crippen molar-refractivity contribution in [1.82, 2.24) is 15.2 Å². The molecule has 0 fully saturated rings. The van der Waals surface area contributed by atoms with Crippen LogP contribution in [-0.2, 0) is 20.7 Å². The van der Waals surface area contributed by atoms with Crippen LogP contribution in [0.2, 0.25) is 0 Å². The van der Waals surface area contributed by atoms with Gasteiger partial charge in [0.05, 0.1) is 35.8 Å². The third-order valence-electron chi connectivity index (χ3n) is 5.80. The molecule has 4 rings (SSSR count). The Morgan fingerprint density at radius 3 is 2.78 bits per heavy atom. The maximum Gasteiger partial charge on any atom is 0.338 e. The average Bonchev–Trinajstić information content (AvgIpc) is 3.29. The normalized spacial score (nSPS) is 16.7. The lowest BCUT2D eigenvalue weighted by Gasteiger charge is -2.36. The SMILES string of the molecule is CCC1=C(C(=O)OC)[C@H](c2cccc([N+](=O)[O-])c2)N2C(CC(=O)NCCc3ccccn3)=CSC2=N1. The number of aliphatic imine (C=N–C) groups is 1. The zero-order valence-corrected chi connectivity index (χ0v) is 20.7. The zero-order valence-electron chi connectivity index (χ0n) is 19.8. The molecule has 3 heterocycles. The minimum atomic E-state index is -0.720. The van der Waals surface area contributed by atoms with E-state index in [4.69, 9.17) is 4.74 Å². The van der Waals surface area contributed by atoms with Crippen LogP contribution in [-0.4, -0.2) is 45.5 Å². The number of rotatable bonds is 9. The van der Waals surface area contributed by atoms with E-state index in [-0.39, 0.29) is 18.0 Å². The molecule has 2 aromatic rings. The molecular formula is C25H25N5O5S. The first-order valence-electron chi connectivity index (χ1n) is 11.4. The number of nitrogens with zero attached hydrogens (tertiary/aromatic N) is 4. The van der Waals surface area contributed by atoms with Gasteiger partial charge in [-0.05, 0) is 29.5 Å². The molecule has 0 radical (unpaired) electrons. The van der Waals surface area contributed by atoms with Crippen LogP contribution in [0.15, 0.2) is 76.0 Å². The summed E-state index contributed by atoms with van der Waals surface area (Å²) < 4.78 is 5.07. The summed E-state index contributed by atoms with van der Waals surface area (Å²) in [6.45, 7) is 2.31. The van der Waals surface area contributed by atoms with Crippen LogP contribution in [0.4, 0.5) is 5.69 Å². The van der Waals surface area contributed by atoms with Gasteiger partial charge >= 0.3 is 5.97 Å². The summed E-state index contributed by atoms with van der Waals surface area (Å²) in [4.78, 5) is 47.4. The van der Waals surface area contributed by atoms with Crippen molar-refractivity contribution in [1.29, 1.82) is 0 Å². The number of nitrogens with one attached hydrogen (secondary N) is 1. The lowest BCUT2D eigenvalue weighted by Crippen LogP contribution is -2.38. The van der Waals surface area contributed by atoms with Crippen LogP contribution in [0.25, 0.3) is 0 Å². The molecule has 1 amide bonds. The van der Waals surface area contributed by atoms with Crippen molar-refractivity contribution in [3.8, 4) is 0 Å². The van der Waals surface area contributed by atoms with E-state index in [1.54, 1.807) is 23.2 Å².